The van der Waals surface area contributed by atoms with Crippen molar-refractivity contribution in [3.8, 4) is 28.4 Å². The van der Waals surface area contributed by atoms with Crippen LogP contribution in [0.2, 0.25) is 0 Å². The SMILES string of the molecule is CC(=O)O.CC(=O)O.COc1ccc(Oc2ccc3nc(C4(c5ccc(-c6cn[nH]c6)cc5)CCNCC4)[nH]c3c2)cc1. The van der Waals surface area contributed by atoms with Gasteiger partial charge in [0.25, 0.3) is 11.9 Å². The van der Waals surface area contributed by atoms with E-state index in [1.54, 1.807) is 7.11 Å². The van der Waals surface area contributed by atoms with Crippen LogP contribution in [0.5, 0.6) is 17.2 Å². The molecule has 2 aromatic heterocycles. The Balaban J connectivity index is 0.000000474. The van der Waals surface area contributed by atoms with Gasteiger partial charge in [-0.05, 0) is 73.5 Å². The van der Waals surface area contributed by atoms with Crippen LogP contribution in [0.15, 0.2) is 79.1 Å². The zero-order chi connectivity index (χ0) is 30.8. The van der Waals surface area contributed by atoms with Gasteiger partial charge in [0.05, 0.1) is 29.8 Å². The molecule has 0 unspecified atom stereocenters. The van der Waals surface area contributed by atoms with Crippen LogP contribution in [0.25, 0.3) is 22.2 Å². The number of hydrogen-bond donors (Lipinski definition) is 5. The number of nitrogens with zero attached hydrogens (tertiary/aromatic N) is 2. The molecule has 0 saturated carbocycles. The maximum absolute atomic E-state index is 9.00. The van der Waals surface area contributed by atoms with E-state index >= 15 is 0 Å². The van der Waals surface area contributed by atoms with Crippen molar-refractivity contribution in [1.29, 1.82) is 0 Å². The Hall–Kier alpha value is -5.16. The Kier molecular flexibility index (Phi) is 10.1. The van der Waals surface area contributed by atoms with Crippen LogP contribution in [0.4, 0.5) is 0 Å². The van der Waals surface area contributed by atoms with E-state index in [9.17, 15) is 0 Å². The van der Waals surface area contributed by atoms with Crippen molar-refractivity contribution in [3.63, 3.8) is 0 Å². The number of H-pyrrole nitrogens is 2. The minimum Gasteiger partial charge on any atom is -0.497 e. The summed E-state index contributed by atoms with van der Waals surface area (Å²) in [6, 6.07) is 22.4. The molecule has 43 heavy (non-hydrogen) atoms. The van der Waals surface area contributed by atoms with Crippen LogP contribution in [0.3, 0.4) is 0 Å². The molecule has 224 valence electrons. The second-order valence-electron chi connectivity index (χ2n) is 9.98. The molecular formula is C32H35N5O6. The molecule has 3 aromatic carbocycles. The third-order valence-corrected chi connectivity index (χ3v) is 6.93. The summed E-state index contributed by atoms with van der Waals surface area (Å²) in [7, 11) is 1.66. The summed E-state index contributed by atoms with van der Waals surface area (Å²) in [5.74, 6) is 1.67. The molecule has 1 aliphatic heterocycles. The van der Waals surface area contributed by atoms with E-state index < -0.39 is 11.9 Å². The average Bonchev–Trinajstić information content (AvgIpc) is 3.68. The summed E-state index contributed by atoms with van der Waals surface area (Å²) < 4.78 is 11.3. The maximum Gasteiger partial charge on any atom is 0.300 e. The quantitative estimate of drug-likeness (QED) is 0.171. The van der Waals surface area contributed by atoms with Crippen LogP contribution in [-0.2, 0) is 15.0 Å². The van der Waals surface area contributed by atoms with Crippen molar-refractivity contribution >= 4 is 23.0 Å². The van der Waals surface area contributed by atoms with Gasteiger partial charge >= 0.3 is 0 Å². The molecule has 0 spiro atoms. The van der Waals surface area contributed by atoms with Gasteiger partial charge in [-0.2, -0.15) is 5.10 Å². The lowest BCUT2D eigenvalue weighted by Crippen LogP contribution is -2.41. The maximum atomic E-state index is 9.00. The summed E-state index contributed by atoms with van der Waals surface area (Å²) in [6.07, 6.45) is 5.72. The van der Waals surface area contributed by atoms with Gasteiger partial charge in [-0.25, -0.2) is 4.98 Å². The van der Waals surface area contributed by atoms with Crippen molar-refractivity contribution in [2.24, 2.45) is 0 Å². The number of imidazole rings is 1. The fraction of sp³-hybridized carbons (Fsp3) is 0.250. The van der Waals surface area contributed by atoms with Gasteiger partial charge in [0.2, 0.25) is 0 Å². The minimum atomic E-state index is -0.833. The Morgan fingerprint density at radius 2 is 1.44 bits per heavy atom. The minimum absolute atomic E-state index is 0.170. The summed E-state index contributed by atoms with van der Waals surface area (Å²) in [5, 5.41) is 25.3. The number of nitrogens with one attached hydrogen (secondary N) is 3. The zero-order valence-electron chi connectivity index (χ0n) is 24.3. The van der Waals surface area contributed by atoms with E-state index in [0.29, 0.717) is 0 Å². The van der Waals surface area contributed by atoms with Crippen molar-refractivity contribution in [2.45, 2.75) is 32.1 Å². The topological polar surface area (TPSA) is 162 Å². The van der Waals surface area contributed by atoms with Gasteiger partial charge in [0.15, 0.2) is 0 Å². The molecule has 3 heterocycles. The highest BCUT2D eigenvalue weighted by Crippen LogP contribution is 2.40. The summed E-state index contributed by atoms with van der Waals surface area (Å²) in [6.45, 7) is 4.07. The van der Waals surface area contributed by atoms with E-state index in [1.807, 2.05) is 54.9 Å². The fourth-order valence-corrected chi connectivity index (χ4v) is 4.96. The van der Waals surface area contributed by atoms with Gasteiger partial charge in [-0.3, -0.25) is 14.7 Å². The number of methoxy groups -OCH3 is 1. The number of hydrogen-bond acceptors (Lipinski definition) is 7. The molecule has 5 aromatic rings. The molecular weight excluding hydrogens is 550 g/mol. The fourth-order valence-electron chi connectivity index (χ4n) is 4.96. The van der Waals surface area contributed by atoms with Gasteiger partial charge in [0, 0.05) is 31.7 Å². The third kappa shape index (κ3) is 7.98. The van der Waals surface area contributed by atoms with Gasteiger partial charge in [-0.15, -0.1) is 0 Å². The second kappa shape index (κ2) is 14.1. The zero-order valence-corrected chi connectivity index (χ0v) is 24.3. The summed E-state index contributed by atoms with van der Waals surface area (Å²) in [5.41, 5.74) is 5.26. The number of aliphatic carboxylic acids is 2. The Bertz CT molecular complexity index is 1600. The van der Waals surface area contributed by atoms with Crippen LogP contribution in [-0.4, -0.2) is 62.5 Å². The largest absolute Gasteiger partial charge is 0.497 e. The molecule has 0 atom stereocenters. The highest BCUT2D eigenvalue weighted by Gasteiger charge is 2.38. The van der Waals surface area contributed by atoms with Crippen molar-refractivity contribution in [1.82, 2.24) is 25.5 Å². The van der Waals surface area contributed by atoms with E-state index in [-0.39, 0.29) is 5.41 Å². The van der Waals surface area contributed by atoms with Crippen molar-refractivity contribution in [3.05, 3.63) is 90.5 Å². The predicted octanol–water partition coefficient (Wildman–Crippen LogP) is 5.61. The number of aromatic amines is 2. The van der Waals surface area contributed by atoms with Crippen LogP contribution in [0.1, 0.15) is 38.1 Å². The lowest BCUT2D eigenvalue weighted by atomic mass is 9.72. The van der Waals surface area contributed by atoms with Gasteiger partial charge in [0.1, 0.15) is 23.1 Å². The number of fused-ring (bicyclic) bond motifs is 1. The first-order valence-corrected chi connectivity index (χ1v) is 13.7. The molecule has 0 aliphatic carbocycles. The van der Waals surface area contributed by atoms with E-state index in [4.69, 9.17) is 34.3 Å². The molecule has 0 radical (unpaired) electrons. The number of carbonyl (C=O) groups is 2. The lowest BCUT2D eigenvalue weighted by Gasteiger charge is -2.36. The van der Waals surface area contributed by atoms with Crippen LogP contribution in [0, 0.1) is 0 Å². The summed E-state index contributed by atoms with van der Waals surface area (Å²) in [4.78, 5) is 26.7. The Morgan fingerprint density at radius 1 is 0.837 bits per heavy atom. The first kappa shape index (κ1) is 30.8. The number of benzene rings is 3. The smallest absolute Gasteiger partial charge is 0.300 e. The lowest BCUT2D eigenvalue weighted by molar-refractivity contribution is -0.135. The van der Waals surface area contributed by atoms with E-state index in [2.05, 4.69) is 44.8 Å². The molecule has 1 fully saturated rings. The number of carboxylic acid groups (broad SMARTS) is 2. The second-order valence-corrected chi connectivity index (χ2v) is 9.98. The number of piperidine rings is 1. The number of rotatable bonds is 6. The molecule has 1 aliphatic rings. The Labute approximate surface area is 248 Å². The molecule has 0 amide bonds. The van der Waals surface area contributed by atoms with Crippen molar-refractivity contribution in [2.75, 3.05) is 20.2 Å². The predicted molar refractivity (Wildman–Crippen MR) is 163 cm³/mol. The first-order valence-electron chi connectivity index (χ1n) is 13.7. The van der Waals surface area contributed by atoms with Gasteiger partial charge in [-0.1, -0.05) is 24.3 Å². The normalized spacial score (nSPS) is 13.6. The molecule has 6 rings (SSSR count). The first-order chi connectivity index (χ1) is 20.7. The Morgan fingerprint density at radius 3 is 2.02 bits per heavy atom. The van der Waals surface area contributed by atoms with Crippen molar-refractivity contribution < 1.29 is 29.3 Å². The third-order valence-electron chi connectivity index (χ3n) is 6.93. The highest BCUT2D eigenvalue weighted by atomic mass is 16.5. The van der Waals surface area contributed by atoms with E-state index in [0.717, 1.165) is 85.0 Å². The van der Waals surface area contributed by atoms with Gasteiger partial charge < -0.3 is 30.0 Å². The monoisotopic (exact) mass is 585 g/mol. The number of carboxylic acids is 2. The van der Waals surface area contributed by atoms with Crippen LogP contribution < -0.4 is 14.8 Å². The number of ether oxygens (including phenoxy) is 2. The van der Waals surface area contributed by atoms with Crippen LogP contribution >= 0.6 is 0 Å². The average molecular weight is 586 g/mol. The highest BCUT2D eigenvalue weighted by molar-refractivity contribution is 5.77. The summed E-state index contributed by atoms with van der Waals surface area (Å²) >= 11 is 0. The molecule has 11 nitrogen and oxygen atoms in total. The standard InChI is InChI=1S/C28H27N5O2.2C2H4O2/c1-34-22-6-8-23(9-7-22)35-24-10-11-25-26(16-24)33-27(32-25)28(12-14-29-15-13-28)21-4-2-19(3-5-21)20-17-30-31-18-20;2*1-2(3)4/h2-11,16-18,29H,12-15H2,1H3,(H,30,31)(H,32,33);2*1H3,(H,3,4). The molecule has 11 heteroatoms. The van der Waals surface area contributed by atoms with E-state index in [1.165, 1.54) is 5.56 Å². The molecule has 1 saturated heterocycles. The number of aromatic nitrogens is 4. The molecule has 0 bridgehead atoms. The molecule has 5 N–H and O–H groups in total.